The van der Waals surface area contributed by atoms with Crippen molar-refractivity contribution in [3.05, 3.63) is 35.4 Å². The molecule has 0 fully saturated rings. The first-order valence-corrected chi connectivity index (χ1v) is 7.98. The van der Waals surface area contributed by atoms with E-state index in [-0.39, 0.29) is 11.9 Å². The number of methoxy groups -OCH3 is 4. The minimum absolute atomic E-state index is 0.0251. The SMILES string of the molecule is COc1ccc2c(c1O)OC(c1cc(OC)c(OC)c(OC)c1)CC2. The summed E-state index contributed by atoms with van der Waals surface area (Å²) in [5.74, 6) is 2.56. The van der Waals surface area contributed by atoms with Gasteiger partial charge in [-0.05, 0) is 42.2 Å². The Hall–Kier alpha value is -2.76. The maximum Gasteiger partial charge on any atom is 0.203 e. The van der Waals surface area contributed by atoms with Crippen molar-refractivity contribution in [1.29, 1.82) is 0 Å². The number of phenolic OH excluding ortho intramolecular Hbond substituents is 1. The van der Waals surface area contributed by atoms with E-state index in [0.29, 0.717) is 28.7 Å². The maximum absolute atomic E-state index is 10.4. The Kier molecular flexibility index (Phi) is 4.79. The largest absolute Gasteiger partial charge is 0.502 e. The Morgan fingerprint density at radius 2 is 1.56 bits per heavy atom. The topological polar surface area (TPSA) is 66.4 Å². The van der Waals surface area contributed by atoms with E-state index in [1.54, 1.807) is 27.4 Å². The molecule has 3 rings (SSSR count). The van der Waals surface area contributed by atoms with Gasteiger partial charge in [0.15, 0.2) is 23.0 Å². The van der Waals surface area contributed by atoms with Crippen molar-refractivity contribution in [3.63, 3.8) is 0 Å². The summed E-state index contributed by atoms with van der Waals surface area (Å²) < 4.78 is 27.4. The lowest BCUT2D eigenvalue weighted by Gasteiger charge is -2.28. The summed E-state index contributed by atoms with van der Waals surface area (Å²) in [5.41, 5.74) is 1.85. The fourth-order valence-corrected chi connectivity index (χ4v) is 3.10. The Bertz CT molecular complexity index is 746. The van der Waals surface area contributed by atoms with Gasteiger partial charge in [-0.15, -0.1) is 0 Å². The summed E-state index contributed by atoms with van der Waals surface area (Å²) in [7, 11) is 6.24. The molecule has 2 aromatic rings. The van der Waals surface area contributed by atoms with Crippen molar-refractivity contribution in [3.8, 4) is 34.5 Å². The van der Waals surface area contributed by atoms with Gasteiger partial charge in [0.1, 0.15) is 6.10 Å². The predicted molar refractivity (Wildman–Crippen MR) is 92.4 cm³/mol. The molecule has 1 aliphatic heterocycles. The first-order valence-electron chi connectivity index (χ1n) is 7.98. The van der Waals surface area contributed by atoms with Crippen LogP contribution in [0.4, 0.5) is 0 Å². The lowest BCUT2D eigenvalue weighted by Crippen LogP contribution is -2.16. The molecule has 0 radical (unpaired) electrons. The van der Waals surface area contributed by atoms with E-state index in [0.717, 1.165) is 24.0 Å². The number of hydrogen-bond acceptors (Lipinski definition) is 6. The van der Waals surface area contributed by atoms with Gasteiger partial charge in [0.25, 0.3) is 0 Å². The van der Waals surface area contributed by atoms with Crippen molar-refractivity contribution >= 4 is 0 Å². The van der Waals surface area contributed by atoms with Crippen LogP contribution in [0.25, 0.3) is 0 Å². The maximum atomic E-state index is 10.4. The van der Waals surface area contributed by atoms with Crippen LogP contribution >= 0.6 is 0 Å². The Morgan fingerprint density at radius 3 is 2.12 bits per heavy atom. The van der Waals surface area contributed by atoms with E-state index in [9.17, 15) is 5.11 Å². The van der Waals surface area contributed by atoms with Gasteiger partial charge in [-0.2, -0.15) is 0 Å². The van der Waals surface area contributed by atoms with Crippen molar-refractivity contribution in [2.45, 2.75) is 18.9 Å². The highest BCUT2D eigenvalue weighted by atomic mass is 16.5. The van der Waals surface area contributed by atoms with Gasteiger partial charge in [-0.25, -0.2) is 0 Å². The fourth-order valence-electron chi connectivity index (χ4n) is 3.10. The van der Waals surface area contributed by atoms with E-state index in [1.165, 1.54) is 7.11 Å². The second-order valence-electron chi connectivity index (χ2n) is 5.71. The number of rotatable bonds is 5. The van der Waals surface area contributed by atoms with Crippen LogP contribution in [0.2, 0.25) is 0 Å². The van der Waals surface area contributed by atoms with Crippen molar-refractivity contribution in [1.82, 2.24) is 0 Å². The molecular weight excluding hydrogens is 324 g/mol. The number of aromatic hydroxyl groups is 1. The molecule has 0 bridgehead atoms. The van der Waals surface area contributed by atoms with Gasteiger partial charge >= 0.3 is 0 Å². The third-order valence-electron chi connectivity index (χ3n) is 4.39. The highest BCUT2D eigenvalue weighted by Crippen LogP contribution is 2.47. The standard InChI is InChI=1S/C19H22O6/c1-21-14-8-6-11-5-7-13(25-18(11)17(14)20)12-9-15(22-2)19(24-4)16(10-12)23-3/h6,8-10,13,20H,5,7H2,1-4H3. The smallest absolute Gasteiger partial charge is 0.203 e. The molecule has 0 spiro atoms. The van der Waals surface area contributed by atoms with Gasteiger partial charge in [-0.3, -0.25) is 0 Å². The molecule has 0 saturated carbocycles. The summed E-state index contributed by atoms with van der Waals surface area (Å²) in [6.07, 6.45) is 1.32. The first kappa shape index (κ1) is 17.1. The third kappa shape index (κ3) is 2.99. The molecule has 6 nitrogen and oxygen atoms in total. The highest BCUT2D eigenvalue weighted by Gasteiger charge is 2.27. The second-order valence-corrected chi connectivity index (χ2v) is 5.71. The lowest BCUT2D eigenvalue weighted by molar-refractivity contribution is 0.166. The highest BCUT2D eigenvalue weighted by molar-refractivity contribution is 5.57. The zero-order chi connectivity index (χ0) is 18.0. The molecule has 0 aromatic heterocycles. The molecular formula is C19H22O6. The predicted octanol–water partition coefficient (Wildman–Crippen LogP) is 3.49. The number of aryl methyl sites for hydroxylation is 1. The van der Waals surface area contributed by atoms with Crippen LogP contribution < -0.4 is 23.7 Å². The monoisotopic (exact) mass is 346 g/mol. The van der Waals surface area contributed by atoms with Gasteiger partial charge < -0.3 is 28.8 Å². The Morgan fingerprint density at radius 1 is 0.920 bits per heavy atom. The number of ether oxygens (including phenoxy) is 5. The van der Waals surface area contributed by atoms with Crippen molar-refractivity contribution in [2.75, 3.05) is 28.4 Å². The summed E-state index contributed by atoms with van der Waals surface area (Å²) in [5, 5.41) is 10.4. The molecule has 1 unspecified atom stereocenters. The van der Waals surface area contributed by atoms with Crippen LogP contribution in [0.1, 0.15) is 23.7 Å². The van der Waals surface area contributed by atoms with Gasteiger partial charge in [0, 0.05) is 0 Å². The molecule has 1 aliphatic rings. The van der Waals surface area contributed by atoms with E-state index in [2.05, 4.69) is 0 Å². The molecule has 1 N–H and O–H groups in total. The Balaban J connectivity index is 1.99. The quantitative estimate of drug-likeness (QED) is 0.894. The van der Waals surface area contributed by atoms with Crippen molar-refractivity contribution in [2.24, 2.45) is 0 Å². The normalized spacial score (nSPS) is 15.8. The summed E-state index contributed by atoms with van der Waals surface area (Å²) >= 11 is 0. The van der Waals surface area contributed by atoms with Gasteiger partial charge in [0.2, 0.25) is 11.5 Å². The zero-order valence-electron chi connectivity index (χ0n) is 14.8. The average molecular weight is 346 g/mol. The van der Waals surface area contributed by atoms with E-state index in [4.69, 9.17) is 23.7 Å². The van der Waals surface area contributed by atoms with Crippen LogP contribution in [0.5, 0.6) is 34.5 Å². The summed E-state index contributed by atoms with van der Waals surface area (Å²) in [6, 6.07) is 7.40. The van der Waals surface area contributed by atoms with E-state index in [1.807, 2.05) is 18.2 Å². The minimum atomic E-state index is -0.237. The Labute approximate surface area is 146 Å². The number of fused-ring (bicyclic) bond motifs is 1. The number of benzene rings is 2. The van der Waals surface area contributed by atoms with Crippen LogP contribution in [0, 0.1) is 0 Å². The molecule has 134 valence electrons. The molecule has 0 saturated heterocycles. The second kappa shape index (κ2) is 7.01. The summed E-state index contributed by atoms with van der Waals surface area (Å²) in [4.78, 5) is 0. The molecule has 0 aliphatic carbocycles. The summed E-state index contributed by atoms with van der Waals surface area (Å²) in [6.45, 7) is 0. The van der Waals surface area contributed by atoms with Gasteiger partial charge in [0.05, 0.1) is 28.4 Å². The lowest BCUT2D eigenvalue weighted by atomic mass is 9.96. The van der Waals surface area contributed by atoms with Crippen LogP contribution in [0.3, 0.4) is 0 Å². The zero-order valence-corrected chi connectivity index (χ0v) is 14.8. The number of phenols is 1. The first-order chi connectivity index (χ1) is 12.1. The molecule has 6 heteroatoms. The van der Waals surface area contributed by atoms with Crippen molar-refractivity contribution < 1.29 is 28.8 Å². The number of hydrogen-bond donors (Lipinski definition) is 1. The van der Waals surface area contributed by atoms with Crippen LogP contribution in [-0.4, -0.2) is 33.5 Å². The fraction of sp³-hybridized carbons (Fsp3) is 0.368. The van der Waals surface area contributed by atoms with Gasteiger partial charge in [-0.1, -0.05) is 6.07 Å². The molecule has 1 atom stereocenters. The van der Waals surface area contributed by atoms with Crippen LogP contribution in [-0.2, 0) is 6.42 Å². The molecule has 2 aromatic carbocycles. The third-order valence-corrected chi connectivity index (χ3v) is 4.39. The minimum Gasteiger partial charge on any atom is -0.502 e. The van der Waals surface area contributed by atoms with E-state index >= 15 is 0 Å². The van der Waals surface area contributed by atoms with E-state index < -0.39 is 0 Å². The molecule has 25 heavy (non-hydrogen) atoms. The molecule has 0 amide bonds. The molecule has 1 heterocycles. The average Bonchev–Trinajstić information content (AvgIpc) is 2.66. The van der Waals surface area contributed by atoms with Crippen LogP contribution in [0.15, 0.2) is 24.3 Å².